The molecule has 0 radical (unpaired) electrons. The monoisotopic (exact) mass is 330 g/mol. The quantitative estimate of drug-likeness (QED) is 0.506. The van der Waals surface area contributed by atoms with Crippen LogP contribution in [0.15, 0.2) is 72.8 Å². The first-order chi connectivity index (χ1) is 12.4. The van der Waals surface area contributed by atoms with Gasteiger partial charge in [-0.15, -0.1) is 0 Å². The summed E-state index contributed by atoms with van der Waals surface area (Å²) in [6.45, 7) is 1.50. The average molecular weight is 330 g/mol. The van der Waals surface area contributed by atoms with Crippen LogP contribution in [0.3, 0.4) is 0 Å². The molecule has 0 aromatic heterocycles. The van der Waals surface area contributed by atoms with E-state index in [0.29, 0.717) is 0 Å². The molecule has 25 heavy (non-hydrogen) atoms. The van der Waals surface area contributed by atoms with Crippen molar-refractivity contribution in [3.8, 4) is 33.8 Å². The van der Waals surface area contributed by atoms with Crippen molar-refractivity contribution in [3.05, 3.63) is 72.8 Å². The topological polar surface area (TPSA) is 18.5 Å². The summed E-state index contributed by atoms with van der Waals surface area (Å²) in [5, 5.41) is 0. The zero-order valence-corrected chi connectivity index (χ0v) is 14.3. The Morgan fingerprint density at radius 3 is 1.44 bits per heavy atom. The van der Waals surface area contributed by atoms with Crippen molar-refractivity contribution in [2.75, 3.05) is 13.2 Å². The molecule has 3 aromatic rings. The standard InChI is InChI=1S/C23H22O2/c1-2-14-24-22-8-4-6-20(16-22)18-10-12-19(13-11-18)21-7-5-9-23(17-21)25-15-3-1/h4-13,16-17H,1-3,14-15H2. The fourth-order valence-electron chi connectivity index (χ4n) is 3.15. The minimum atomic E-state index is 0.748. The predicted octanol–water partition coefficient (Wildman–Crippen LogP) is 5.96. The lowest BCUT2D eigenvalue weighted by molar-refractivity contribution is 0.279. The van der Waals surface area contributed by atoms with Crippen LogP contribution in [0.1, 0.15) is 19.3 Å². The molecule has 0 saturated carbocycles. The second-order valence-corrected chi connectivity index (χ2v) is 6.39. The van der Waals surface area contributed by atoms with E-state index in [4.69, 9.17) is 9.47 Å². The molecule has 0 aliphatic carbocycles. The predicted molar refractivity (Wildman–Crippen MR) is 102 cm³/mol. The van der Waals surface area contributed by atoms with Crippen molar-refractivity contribution in [3.63, 3.8) is 0 Å². The van der Waals surface area contributed by atoms with Crippen LogP contribution < -0.4 is 9.47 Å². The summed E-state index contributed by atoms with van der Waals surface area (Å²) in [7, 11) is 0. The van der Waals surface area contributed by atoms with E-state index in [1.165, 1.54) is 22.3 Å². The van der Waals surface area contributed by atoms with Crippen LogP contribution >= 0.6 is 0 Å². The van der Waals surface area contributed by atoms with Gasteiger partial charge in [-0.3, -0.25) is 0 Å². The smallest absolute Gasteiger partial charge is 0.119 e. The average Bonchev–Trinajstić information content (AvgIpc) is 2.67. The zero-order chi connectivity index (χ0) is 16.9. The number of hydrogen-bond donors (Lipinski definition) is 0. The Labute approximate surface area is 149 Å². The summed E-state index contributed by atoms with van der Waals surface area (Å²) in [6, 6.07) is 25.3. The molecular weight excluding hydrogens is 308 g/mol. The maximum Gasteiger partial charge on any atom is 0.119 e. The van der Waals surface area contributed by atoms with Gasteiger partial charge in [-0.25, -0.2) is 0 Å². The van der Waals surface area contributed by atoms with Gasteiger partial charge in [0.1, 0.15) is 11.5 Å². The van der Waals surface area contributed by atoms with E-state index in [1.807, 2.05) is 12.1 Å². The summed E-state index contributed by atoms with van der Waals surface area (Å²) >= 11 is 0. The van der Waals surface area contributed by atoms with Crippen molar-refractivity contribution in [1.29, 1.82) is 0 Å². The molecule has 0 saturated heterocycles. The van der Waals surface area contributed by atoms with E-state index in [2.05, 4.69) is 60.7 Å². The molecule has 5 rings (SSSR count). The minimum Gasteiger partial charge on any atom is -0.494 e. The van der Waals surface area contributed by atoms with Gasteiger partial charge in [-0.2, -0.15) is 0 Å². The molecule has 2 nitrogen and oxygen atoms in total. The Kier molecular flexibility index (Phi) is 4.69. The van der Waals surface area contributed by atoms with Crippen molar-refractivity contribution in [1.82, 2.24) is 0 Å². The van der Waals surface area contributed by atoms with Crippen LogP contribution in [0.25, 0.3) is 22.3 Å². The first-order valence-electron chi connectivity index (χ1n) is 8.95. The Bertz CT molecular complexity index is 766. The van der Waals surface area contributed by atoms with E-state index in [0.717, 1.165) is 44.0 Å². The Morgan fingerprint density at radius 1 is 0.480 bits per heavy atom. The molecule has 3 aromatic carbocycles. The largest absolute Gasteiger partial charge is 0.494 e. The molecule has 0 unspecified atom stereocenters. The fourth-order valence-corrected chi connectivity index (χ4v) is 3.15. The molecule has 0 fully saturated rings. The second-order valence-electron chi connectivity index (χ2n) is 6.39. The maximum atomic E-state index is 5.91. The molecule has 2 aliphatic rings. The summed E-state index contributed by atoms with van der Waals surface area (Å²) in [6.07, 6.45) is 3.20. The van der Waals surface area contributed by atoms with Gasteiger partial charge in [-0.1, -0.05) is 48.5 Å². The number of ether oxygens (including phenoxy) is 2. The minimum absolute atomic E-state index is 0.748. The van der Waals surface area contributed by atoms with Gasteiger partial charge >= 0.3 is 0 Å². The van der Waals surface area contributed by atoms with Gasteiger partial charge < -0.3 is 9.47 Å². The van der Waals surface area contributed by atoms with Crippen LogP contribution in [-0.2, 0) is 0 Å². The Morgan fingerprint density at radius 2 is 0.960 bits per heavy atom. The lowest BCUT2D eigenvalue weighted by Crippen LogP contribution is -2.01. The fraction of sp³-hybridized carbons (Fsp3) is 0.217. The van der Waals surface area contributed by atoms with Gasteiger partial charge in [0.05, 0.1) is 13.2 Å². The van der Waals surface area contributed by atoms with E-state index in [1.54, 1.807) is 0 Å². The van der Waals surface area contributed by atoms with Crippen LogP contribution in [0.5, 0.6) is 11.5 Å². The highest BCUT2D eigenvalue weighted by molar-refractivity contribution is 5.71. The summed E-state index contributed by atoms with van der Waals surface area (Å²) in [5.74, 6) is 1.88. The normalized spacial score (nSPS) is 14.2. The van der Waals surface area contributed by atoms with Crippen molar-refractivity contribution in [2.24, 2.45) is 0 Å². The molecule has 0 amide bonds. The third-order valence-corrected chi connectivity index (χ3v) is 4.55. The second kappa shape index (κ2) is 7.43. The highest BCUT2D eigenvalue weighted by Gasteiger charge is 2.04. The molecule has 0 N–H and O–H groups in total. The van der Waals surface area contributed by atoms with Crippen LogP contribution in [-0.4, -0.2) is 13.2 Å². The van der Waals surface area contributed by atoms with Crippen LogP contribution in [0, 0.1) is 0 Å². The third-order valence-electron chi connectivity index (χ3n) is 4.55. The molecule has 126 valence electrons. The zero-order valence-electron chi connectivity index (χ0n) is 14.3. The number of hydrogen-bond acceptors (Lipinski definition) is 2. The molecule has 0 atom stereocenters. The first-order valence-corrected chi connectivity index (χ1v) is 8.95. The van der Waals surface area contributed by atoms with E-state index in [9.17, 15) is 0 Å². The van der Waals surface area contributed by atoms with Crippen molar-refractivity contribution >= 4 is 0 Å². The highest BCUT2D eigenvalue weighted by atomic mass is 16.5. The third kappa shape index (κ3) is 3.85. The molecule has 0 spiro atoms. The van der Waals surface area contributed by atoms with E-state index in [-0.39, 0.29) is 0 Å². The van der Waals surface area contributed by atoms with Gasteiger partial charge in [0.15, 0.2) is 0 Å². The van der Waals surface area contributed by atoms with Crippen LogP contribution in [0.4, 0.5) is 0 Å². The van der Waals surface area contributed by atoms with Crippen molar-refractivity contribution in [2.45, 2.75) is 19.3 Å². The molecule has 2 heterocycles. The molecule has 6 bridgehead atoms. The first kappa shape index (κ1) is 15.8. The number of fused-ring (bicyclic) bond motifs is 8. The molecule has 2 aliphatic heterocycles. The number of rotatable bonds is 0. The molecular formula is C23H22O2. The maximum absolute atomic E-state index is 5.91. The van der Waals surface area contributed by atoms with Gasteiger partial charge in [0.25, 0.3) is 0 Å². The van der Waals surface area contributed by atoms with Gasteiger partial charge in [0, 0.05) is 0 Å². The summed E-state index contributed by atoms with van der Waals surface area (Å²) < 4.78 is 11.8. The number of benzene rings is 3. The summed E-state index contributed by atoms with van der Waals surface area (Å²) in [5.41, 5.74) is 4.77. The van der Waals surface area contributed by atoms with E-state index >= 15 is 0 Å². The lowest BCUT2D eigenvalue weighted by atomic mass is 10.00. The Balaban J connectivity index is 1.70. The van der Waals surface area contributed by atoms with Gasteiger partial charge in [-0.05, 0) is 65.8 Å². The molecule has 2 heteroatoms. The van der Waals surface area contributed by atoms with Gasteiger partial charge in [0.2, 0.25) is 0 Å². The van der Waals surface area contributed by atoms with E-state index < -0.39 is 0 Å². The van der Waals surface area contributed by atoms with Crippen molar-refractivity contribution < 1.29 is 9.47 Å². The Hall–Kier alpha value is -2.74. The summed E-state index contributed by atoms with van der Waals surface area (Å²) in [4.78, 5) is 0. The SMILES string of the molecule is c1cc2cc(c1)-c1ccc(cc1)-c1cccc(c1)OCCCCCO2. The lowest BCUT2D eigenvalue weighted by Gasteiger charge is -2.09. The highest BCUT2D eigenvalue weighted by Crippen LogP contribution is 2.29. The van der Waals surface area contributed by atoms with Crippen LogP contribution in [0.2, 0.25) is 0 Å².